The molecule has 1 N–H and O–H groups in total. The molecule has 135 valence electrons. The summed E-state index contributed by atoms with van der Waals surface area (Å²) in [6.07, 6.45) is 5.55. The van der Waals surface area contributed by atoms with E-state index in [2.05, 4.69) is 24.3 Å². The Morgan fingerprint density at radius 2 is 1.46 bits per heavy atom. The van der Waals surface area contributed by atoms with Crippen LogP contribution in [-0.2, 0) is 24.0 Å². The van der Waals surface area contributed by atoms with Gasteiger partial charge in [0, 0.05) is 0 Å². The van der Waals surface area contributed by atoms with E-state index >= 15 is 0 Å². The Balaban J connectivity index is 0.000000758. The zero-order chi connectivity index (χ0) is 19.3. The normalized spacial score (nSPS) is 15.9. The van der Waals surface area contributed by atoms with Crippen LogP contribution in [-0.4, -0.2) is 0 Å². The van der Waals surface area contributed by atoms with Gasteiger partial charge < -0.3 is 0 Å². The minimum Gasteiger partial charge on any atom is -0.108 e. The Morgan fingerprint density at radius 1 is 1.00 bits per heavy atom. The Bertz CT molecular complexity index is 806. The number of rotatable bonds is 3. The average Bonchev–Trinajstić information content (AvgIpc) is 3.18. The van der Waals surface area contributed by atoms with E-state index in [1.807, 2.05) is 13.8 Å². The number of nitrogens with zero attached hydrogens (tertiary/aromatic N) is 2. The molecule has 0 aromatic heterocycles. The van der Waals surface area contributed by atoms with Crippen molar-refractivity contribution in [3.8, 4) is 0 Å². The van der Waals surface area contributed by atoms with Crippen molar-refractivity contribution in [1.29, 1.82) is 5.53 Å². The first-order valence-corrected chi connectivity index (χ1v) is 10.4. The maximum atomic E-state index is 13.5. The standard InChI is InChI=1S/C7H4F3.2C6H7.HN3.Ti/c8-7(9,10)6-4-2-1-3-5-6;2*1-6-4-2-3-5-6;1-3-2;/h1-4H;2*2,4H,3H2,1H3;1H;. The molecule has 0 saturated heterocycles. The molecular weight excluding hydrogens is 375 g/mol. The van der Waals surface area contributed by atoms with Crippen LogP contribution in [0.4, 0.5) is 13.2 Å². The van der Waals surface area contributed by atoms with E-state index in [-0.39, 0.29) is 0 Å². The SMILES string of the molecule is CC1=[C]([Ti]([C]2=C(C)C=CC2)[c]2ccccc2C(F)(F)F)CC=C1.[N-]=[N+]=N. The summed E-state index contributed by atoms with van der Waals surface area (Å²) in [4.78, 5) is 1.75. The Kier molecular flexibility index (Phi) is 6.71. The molecule has 0 atom stereocenters. The van der Waals surface area contributed by atoms with Crippen LogP contribution >= 0.6 is 0 Å². The van der Waals surface area contributed by atoms with Gasteiger partial charge in [-0.2, -0.15) is 0 Å². The number of alkyl halides is 3. The second kappa shape index (κ2) is 8.59. The van der Waals surface area contributed by atoms with Gasteiger partial charge in [-0.05, 0) is 10.4 Å². The fraction of sp³-hybridized carbons (Fsp3) is 0.263. The molecule has 0 amide bonds. The van der Waals surface area contributed by atoms with Crippen LogP contribution in [0.5, 0.6) is 0 Å². The van der Waals surface area contributed by atoms with E-state index in [0.29, 0.717) is 3.87 Å². The molecule has 26 heavy (non-hydrogen) atoms. The third kappa shape index (κ3) is 4.39. The molecule has 2 aliphatic rings. The van der Waals surface area contributed by atoms with Crippen molar-refractivity contribution in [2.75, 3.05) is 0 Å². The first-order valence-electron chi connectivity index (χ1n) is 8.09. The predicted octanol–water partition coefficient (Wildman–Crippen LogP) is 6.29. The van der Waals surface area contributed by atoms with Gasteiger partial charge in [-0.25, -0.2) is 0 Å². The summed E-state index contributed by atoms with van der Waals surface area (Å²) < 4.78 is 43.7. The second-order valence-corrected chi connectivity index (χ2v) is 9.95. The number of halogens is 3. The van der Waals surface area contributed by atoms with Gasteiger partial charge in [0.25, 0.3) is 0 Å². The monoisotopic (exact) mass is 394 g/mol. The van der Waals surface area contributed by atoms with Crippen molar-refractivity contribution in [3.05, 3.63) is 83.5 Å². The zero-order valence-electron chi connectivity index (χ0n) is 14.6. The largest absolute Gasteiger partial charge is 0.108 e. The smallest absolute Gasteiger partial charge is 0.00208 e. The van der Waals surface area contributed by atoms with Crippen LogP contribution in [0.1, 0.15) is 32.3 Å². The van der Waals surface area contributed by atoms with Gasteiger partial charge in [0.2, 0.25) is 0 Å². The predicted molar refractivity (Wildman–Crippen MR) is 93.4 cm³/mol. The van der Waals surface area contributed by atoms with Crippen molar-refractivity contribution >= 4 is 3.87 Å². The van der Waals surface area contributed by atoms with E-state index in [9.17, 15) is 13.2 Å². The molecule has 0 unspecified atom stereocenters. The molecule has 2 aliphatic carbocycles. The maximum Gasteiger partial charge on any atom is -0.00208 e. The van der Waals surface area contributed by atoms with Crippen molar-refractivity contribution in [3.63, 3.8) is 0 Å². The van der Waals surface area contributed by atoms with E-state index in [0.717, 1.165) is 24.0 Å². The van der Waals surface area contributed by atoms with Crippen molar-refractivity contribution in [1.82, 2.24) is 0 Å². The Labute approximate surface area is 156 Å². The maximum absolute atomic E-state index is 13.5. The zero-order valence-corrected chi connectivity index (χ0v) is 16.1. The van der Waals surface area contributed by atoms with Gasteiger partial charge in [-0.1, -0.05) is 0 Å². The quantitative estimate of drug-likeness (QED) is 0.271. The van der Waals surface area contributed by atoms with Gasteiger partial charge in [-0.15, -0.1) is 5.53 Å². The third-order valence-corrected chi connectivity index (χ3v) is 9.71. The van der Waals surface area contributed by atoms with Gasteiger partial charge in [-0.3, -0.25) is 0 Å². The minimum atomic E-state index is -4.30. The minimum absolute atomic E-state index is 0.450. The molecule has 7 heteroatoms. The number of nitrogens with one attached hydrogen (secondary N) is 1. The molecule has 3 rings (SSSR count). The fourth-order valence-electron chi connectivity index (χ4n) is 3.28. The summed E-state index contributed by atoms with van der Waals surface area (Å²) in [5.41, 5.74) is 14.1. The molecular formula is C19H19F3N3Ti. The fourth-order valence-corrected chi connectivity index (χ4v) is 8.55. The molecule has 3 nitrogen and oxygen atoms in total. The van der Waals surface area contributed by atoms with Gasteiger partial charge in [0.05, 0.1) is 0 Å². The number of allylic oxidation sites excluding steroid dienone is 8. The van der Waals surface area contributed by atoms with Crippen LogP contribution in [0.25, 0.3) is 10.4 Å². The van der Waals surface area contributed by atoms with Gasteiger partial charge in [0.15, 0.2) is 0 Å². The van der Waals surface area contributed by atoms with E-state index in [1.54, 1.807) is 17.0 Å². The molecule has 1 aromatic rings. The van der Waals surface area contributed by atoms with Gasteiger partial charge >= 0.3 is 141 Å². The van der Waals surface area contributed by atoms with Crippen LogP contribution in [0.2, 0.25) is 0 Å². The van der Waals surface area contributed by atoms with Crippen LogP contribution < -0.4 is 3.87 Å². The van der Waals surface area contributed by atoms with E-state index in [1.165, 1.54) is 19.9 Å². The first kappa shape index (κ1) is 20.3. The molecule has 0 radical (unpaired) electrons. The number of benzene rings is 1. The molecule has 0 aliphatic heterocycles. The summed E-state index contributed by atoms with van der Waals surface area (Å²) >= 11 is -2.39. The summed E-state index contributed by atoms with van der Waals surface area (Å²) in [5.74, 6) is 0. The number of hydrogen-bond acceptors (Lipinski definition) is 1. The summed E-state index contributed by atoms with van der Waals surface area (Å²) in [6.45, 7) is 4.06. The van der Waals surface area contributed by atoms with E-state index in [4.69, 9.17) is 11.1 Å². The molecule has 0 spiro atoms. The summed E-state index contributed by atoms with van der Waals surface area (Å²) in [5, 5.41) is 0. The first-order chi connectivity index (χ1) is 12.3. The van der Waals surface area contributed by atoms with Crippen LogP contribution in [0.15, 0.2) is 67.5 Å². The Hall–Kier alpha value is -2.01. The van der Waals surface area contributed by atoms with Crippen molar-refractivity contribution in [2.24, 2.45) is 0 Å². The summed E-state index contributed by atoms with van der Waals surface area (Å²) in [6, 6.07) is 6.17. The average molecular weight is 394 g/mol. The Morgan fingerprint density at radius 3 is 1.85 bits per heavy atom. The van der Waals surface area contributed by atoms with E-state index < -0.39 is 29.6 Å². The number of hydrogen-bond donors (Lipinski definition) is 1. The van der Waals surface area contributed by atoms with Crippen LogP contribution in [0.3, 0.4) is 0 Å². The second-order valence-electron chi connectivity index (χ2n) is 6.05. The topological polar surface area (TPSA) is 60.3 Å². The third-order valence-electron chi connectivity index (χ3n) is 4.44. The molecule has 0 bridgehead atoms. The van der Waals surface area contributed by atoms with Gasteiger partial charge in [0.1, 0.15) is 0 Å². The molecule has 0 fully saturated rings. The van der Waals surface area contributed by atoms with Crippen molar-refractivity contribution in [2.45, 2.75) is 32.9 Å². The summed E-state index contributed by atoms with van der Waals surface area (Å²) in [7, 11) is 0. The molecule has 0 saturated carbocycles. The molecule has 1 aromatic carbocycles. The van der Waals surface area contributed by atoms with Crippen LogP contribution in [0, 0.1) is 5.53 Å². The molecule has 0 heterocycles. The van der Waals surface area contributed by atoms with Crippen molar-refractivity contribution < 1.29 is 31.0 Å².